The van der Waals surface area contributed by atoms with Crippen LogP contribution >= 0.6 is 0 Å². The van der Waals surface area contributed by atoms with E-state index in [-0.39, 0.29) is 6.61 Å². The average Bonchev–Trinajstić information content (AvgIpc) is 3.44. The maximum Gasteiger partial charge on any atom is 0.101 e. The molecular weight excluding hydrogens is 424 g/mol. The van der Waals surface area contributed by atoms with Crippen LogP contribution in [0.3, 0.4) is 0 Å². The highest BCUT2D eigenvalue weighted by atomic mass is 16.3. The van der Waals surface area contributed by atoms with Crippen molar-refractivity contribution in [3.8, 4) is 6.07 Å². The minimum atomic E-state index is -0.496. The molecule has 3 aliphatic rings. The maximum absolute atomic E-state index is 9.65. The van der Waals surface area contributed by atoms with Gasteiger partial charge in [0.25, 0.3) is 0 Å². The SMILES string of the molecule is C[C@@H]1CN(c2ccc(C#N)c3ncccc23)C[C@@H]2c3ccc(N4CCC(N)(CO)C4)cc3CN12. The van der Waals surface area contributed by atoms with Gasteiger partial charge < -0.3 is 20.6 Å². The lowest BCUT2D eigenvalue weighted by Crippen LogP contribution is -2.51. The van der Waals surface area contributed by atoms with E-state index < -0.39 is 5.54 Å². The van der Waals surface area contributed by atoms with Crippen LogP contribution in [0.5, 0.6) is 0 Å². The Morgan fingerprint density at radius 1 is 1.21 bits per heavy atom. The lowest BCUT2D eigenvalue weighted by molar-refractivity contribution is 0.134. The molecule has 0 spiro atoms. The first-order valence-corrected chi connectivity index (χ1v) is 12.1. The molecule has 3 aliphatic heterocycles. The van der Waals surface area contributed by atoms with Crippen LogP contribution in [0.25, 0.3) is 10.9 Å². The van der Waals surface area contributed by atoms with Gasteiger partial charge in [0.05, 0.1) is 29.3 Å². The summed E-state index contributed by atoms with van der Waals surface area (Å²) in [5, 5.41) is 20.2. The minimum absolute atomic E-state index is 0.0250. The third-order valence-corrected chi connectivity index (χ3v) is 7.96. The van der Waals surface area contributed by atoms with Gasteiger partial charge in [0, 0.05) is 61.7 Å². The fraction of sp³-hybridized carbons (Fsp3) is 0.407. The van der Waals surface area contributed by atoms with Gasteiger partial charge in [-0.15, -0.1) is 0 Å². The summed E-state index contributed by atoms with van der Waals surface area (Å²) in [6.45, 7) is 6.71. The normalized spacial score (nSPS) is 26.5. The number of piperazine rings is 1. The standard InChI is InChI=1S/C27H30N6O/c1-18-13-32(24-7-4-19(12-28)26-23(24)3-2-9-30-26)15-25-22-6-5-21(11-20(22)14-33(18)25)31-10-8-27(29,16-31)17-34/h2-7,9,11,18,25,34H,8,10,13-17,29H2,1H3/t18-,25-,27?/m1/s1. The summed E-state index contributed by atoms with van der Waals surface area (Å²) in [6.07, 6.45) is 2.57. The van der Waals surface area contributed by atoms with Gasteiger partial charge in [-0.1, -0.05) is 6.07 Å². The molecule has 6 rings (SSSR count). The van der Waals surface area contributed by atoms with Crippen LogP contribution in [0.4, 0.5) is 11.4 Å². The van der Waals surface area contributed by atoms with Crippen molar-refractivity contribution in [1.29, 1.82) is 5.26 Å². The third-order valence-electron chi connectivity index (χ3n) is 7.96. The minimum Gasteiger partial charge on any atom is -0.394 e. The molecule has 3 atom stereocenters. The van der Waals surface area contributed by atoms with E-state index in [2.05, 4.69) is 63.0 Å². The van der Waals surface area contributed by atoms with Gasteiger partial charge in [0.2, 0.25) is 0 Å². The third kappa shape index (κ3) is 3.33. The first-order chi connectivity index (χ1) is 16.5. The number of aliphatic hydroxyl groups excluding tert-OH is 1. The van der Waals surface area contributed by atoms with Crippen molar-refractivity contribution in [1.82, 2.24) is 9.88 Å². The van der Waals surface area contributed by atoms with E-state index in [4.69, 9.17) is 5.73 Å². The van der Waals surface area contributed by atoms with Gasteiger partial charge in [-0.25, -0.2) is 0 Å². The quantitative estimate of drug-likeness (QED) is 0.629. The summed E-state index contributed by atoms with van der Waals surface area (Å²) in [6, 6.07) is 17.9. The molecule has 2 fully saturated rings. The summed E-state index contributed by atoms with van der Waals surface area (Å²) < 4.78 is 0. The number of nitriles is 1. The molecule has 3 aromatic rings. The van der Waals surface area contributed by atoms with Gasteiger partial charge in [-0.2, -0.15) is 5.26 Å². The summed E-state index contributed by atoms with van der Waals surface area (Å²) in [5.41, 5.74) is 12.4. The van der Waals surface area contributed by atoms with Gasteiger partial charge >= 0.3 is 0 Å². The van der Waals surface area contributed by atoms with Crippen LogP contribution in [0, 0.1) is 11.3 Å². The molecule has 7 nitrogen and oxygen atoms in total. The van der Waals surface area contributed by atoms with Crippen molar-refractivity contribution in [3.05, 3.63) is 65.4 Å². The number of hydrogen-bond donors (Lipinski definition) is 2. The number of benzene rings is 2. The molecule has 1 unspecified atom stereocenters. The highest BCUT2D eigenvalue weighted by molar-refractivity contribution is 5.95. The molecule has 0 bridgehead atoms. The Labute approximate surface area is 200 Å². The van der Waals surface area contributed by atoms with E-state index in [1.807, 2.05) is 12.1 Å². The van der Waals surface area contributed by atoms with Crippen LogP contribution in [0.2, 0.25) is 0 Å². The fourth-order valence-electron chi connectivity index (χ4n) is 6.08. The van der Waals surface area contributed by atoms with Gasteiger partial charge in [0.1, 0.15) is 6.07 Å². The number of aromatic nitrogens is 1. The van der Waals surface area contributed by atoms with Crippen LogP contribution in [-0.2, 0) is 6.54 Å². The smallest absolute Gasteiger partial charge is 0.101 e. The van der Waals surface area contributed by atoms with Crippen LogP contribution in [0.15, 0.2) is 48.7 Å². The lowest BCUT2D eigenvalue weighted by atomic mass is 9.99. The molecule has 3 N–H and O–H groups in total. The van der Waals surface area contributed by atoms with Crippen molar-refractivity contribution in [3.63, 3.8) is 0 Å². The number of nitrogens with two attached hydrogens (primary N) is 1. The number of fused-ring (bicyclic) bond motifs is 4. The number of rotatable bonds is 3. The predicted octanol–water partition coefficient (Wildman–Crippen LogP) is 2.77. The Kier molecular flexibility index (Phi) is 4.99. The second kappa shape index (κ2) is 7.95. The van der Waals surface area contributed by atoms with E-state index in [9.17, 15) is 10.4 Å². The maximum atomic E-state index is 9.65. The Morgan fingerprint density at radius 2 is 2.09 bits per heavy atom. The molecule has 0 saturated carbocycles. The van der Waals surface area contributed by atoms with Crippen molar-refractivity contribution >= 4 is 22.3 Å². The molecule has 174 valence electrons. The summed E-state index contributed by atoms with van der Waals surface area (Å²) in [5.74, 6) is 0. The van der Waals surface area contributed by atoms with E-state index in [1.54, 1.807) is 6.20 Å². The molecule has 0 radical (unpaired) electrons. The molecule has 1 aromatic heterocycles. The van der Waals surface area contributed by atoms with Crippen LogP contribution in [0.1, 0.15) is 36.1 Å². The molecule has 2 saturated heterocycles. The van der Waals surface area contributed by atoms with E-state index >= 15 is 0 Å². The van der Waals surface area contributed by atoms with Gasteiger partial charge in [-0.05, 0) is 60.9 Å². The Bertz CT molecular complexity index is 1300. The summed E-state index contributed by atoms with van der Waals surface area (Å²) in [7, 11) is 0. The monoisotopic (exact) mass is 454 g/mol. The predicted molar refractivity (Wildman–Crippen MR) is 134 cm³/mol. The zero-order valence-electron chi connectivity index (χ0n) is 19.5. The van der Waals surface area contributed by atoms with Gasteiger partial charge in [-0.3, -0.25) is 9.88 Å². The van der Waals surface area contributed by atoms with Crippen molar-refractivity contribution < 1.29 is 5.11 Å². The first kappa shape index (κ1) is 21.4. The number of pyridine rings is 1. The fourth-order valence-corrected chi connectivity index (χ4v) is 6.08. The van der Waals surface area contributed by atoms with Crippen molar-refractivity contribution in [2.45, 2.75) is 37.5 Å². The summed E-state index contributed by atoms with van der Waals surface area (Å²) >= 11 is 0. The van der Waals surface area contributed by atoms with E-state index in [0.29, 0.717) is 24.2 Å². The van der Waals surface area contributed by atoms with Gasteiger partial charge in [0.15, 0.2) is 0 Å². The number of hydrogen-bond acceptors (Lipinski definition) is 7. The second-order valence-electron chi connectivity index (χ2n) is 10.2. The van der Waals surface area contributed by atoms with Crippen LogP contribution in [-0.4, -0.2) is 59.4 Å². The molecule has 2 aromatic carbocycles. The van der Waals surface area contributed by atoms with Crippen molar-refractivity contribution in [2.75, 3.05) is 42.6 Å². The lowest BCUT2D eigenvalue weighted by Gasteiger charge is -2.43. The number of anilines is 2. The van der Waals surface area contributed by atoms with Crippen LogP contribution < -0.4 is 15.5 Å². The first-order valence-electron chi connectivity index (χ1n) is 12.1. The highest BCUT2D eigenvalue weighted by Gasteiger charge is 2.40. The average molecular weight is 455 g/mol. The van der Waals surface area contributed by atoms with Crippen molar-refractivity contribution in [2.24, 2.45) is 5.73 Å². The zero-order valence-corrected chi connectivity index (χ0v) is 19.5. The molecular formula is C27H30N6O. The Morgan fingerprint density at radius 3 is 2.88 bits per heavy atom. The molecule has 0 amide bonds. The highest BCUT2D eigenvalue weighted by Crippen LogP contribution is 2.42. The molecule has 7 heteroatoms. The number of nitrogens with zero attached hydrogens (tertiary/aromatic N) is 5. The Hall–Kier alpha value is -3.18. The molecule has 0 aliphatic carbocycles. The topological polar surface area (TPSA) is 92.7 Å². The Balaban J connectivity index is 1.31. The zero-order chi connectivity index (χ0) is 23.4. The van der Waals surface area contributed by atoms with E-state index in [0.717, 1.165) is 49.2 Å². The number of aliphatic hydroxyl groups is 1. The van der Waals surface area contributed by atoms with E-state index in [1.165, 1.54) is 16.8 Å². The largest absolute Gasteiger partial charge is 0.394 e. The second-order valence-corrected chi connectivity index (χ2v) is 10.2. The molecule has 4 heterocycles. The molecule has 34 heavy (non-hydrogen) atoms. The summed E-state index contributed by atoms with van der Waals surface area (Å²) in [4.78, 5) is 11.9.